The maximum Gasteiger partial charge on any atom is 0.0817 e. The van der Waals surface area contributed by atoms with E-state index < -0.39 is 18.4 Å². The van der Waals surface area contributed by atoms with Crippen molar-refractivity contribution in [3.8, 4) is 0 Å². The number of rotatable bonds is 22. The normalized spacial score (nSPS) is 11.9. The molecular formula is C66H68B3-3. The number of benzene rings is 9. The van der Waals surface area contributed by atoms with Crippen LogP contribution in [0.5, 0.6) is 0 Å². The first-order chi connectivity index (χ1) is 34.2. The molecule has 0 spiro atoms. The number of aryl methyl sites for hydroxylation is 2. The fourth-order valence-corrected chi connectivity index (χ4v) is 12.8. The summed E-state index contributed by atoms with van der Waals surface area (Å²) in [6.45, 7) is 2.31. The van der Waals surface area contributed by atoms with Gasteiger partial charge in [-0.05, 0) is 12.0 Å². The van der Waals surface area contributed by atoms with E-state index in [9.17, 15) is 0 Å². The van der Waals surface area contributed by atoms with Crippen LogP contribution in [0.3, 0.4) is 0 Å². The van der Waals surface area contributed by atoms with Crippen molar-refractivity contribution in [2.75, 3.05) is 0 Å². The van der Waals surface area contributed by atoms with Gasteiger partial charge in [-0.3, -0.25) is 0 Å². The van der Waals surface area contributed by atoms with Crippen molar-refractivity contribution in [1.82, 2.24) is 0 Å². The molecule has 0 N–H and O–H groups in total. The first kappa shape index (κ1) is 47.2. The first-order valence-corrected chi connectivity index (χ1v) is 26.3. The predicted molar refractivity (Wildman–Crippen MR) is 307 cm³/mol. The van der Waals surface area contributed by atoms with Crippen LogP contribution in [0.15, 0.2) is 261 Å². The highest BCUT2D eigenvalue weighted by Crippen LogP contribution is 2.23. The Kier molecular flexibility index (Phi) is 15.7. The van der Waals surface area contributed by atoms with Gasteiger partial charge in [-0.2, -0.15) is 68.1 Å². The zero-order valence-electron chi connectivity index (χ0n) is 40.8. The Bertz CT molecular complexity index is 2690. The molecule has 0 saturated carbocycles. The molecule has 0 nitrogen and oxygen atoms in total. The fraction of sp³-hybridized carbons (Fsp3) is 0.182. The van der Waals surface area contributed by atoms with Gasteiger partial charge >= 0.3 is 0 Å². The van der Waals surface area contributed by atoms with E-state index in [0.29, 0.717) is 0 Å². The molecule has 0 saturated heterocycles. The van der Waals surface area contributed by atoms with Gasteiger partial charge in [-0.15, -0.1) is 0 Å². The highest BCUT2D eigenvalue weighted by Gasteiger charge is 2.32. The highest BCUT2D eigenvalue weighted by atomic mass is 14.1. The standard InChI is InChI=1S/C66H68B3/c1-2-3-4-27-53-67(58-30-12-5-13-31-58,59-32-14-6-15-33-59)65-48-44-56(45-49-65)29-26-28-54-68(60-34-16-7-17-35-60,61-36-18-8-19-37-61)66-50-46-57(47-51-66)52-55-69(62-38-20-9-21-39-62,63-40-22-10-23-41-63)64-42-24-11-25-43-64/h5-25,30-51H,2-4,26-29,52-55H2,1H3/q-3. The van der Waals surface area contributed by atoms with Crippen LogP contribution in [0.2, 0.25) is 19.0 Å². The molecule has 9 aromatic rings. The van der Waals surface area contributed by atoms with Crippen molar-refractivity contribution in [2.24, 2.45) is 0 Å². The largest absolute Gasteiger partial charge is 0.200 e. The Balaban J connectivity index is 0.990. The molecule has 9 aromatic carbocycles. The Morgan fingerprint density at radius 3 is 0.754 bits per heavy atom. The fourth-order valence-electron chi connectivity index (χ4n) is 12.8. The molecule has 0 heterocycles. The van der Waals surface area contributed by atoms with Crippen molar-refractivity contribution in [2.45, 2.75) is 77.3 Å². The van der Waals surface area contributed by atoms with E-state index in [2.05, 4.69) is 268 Å². The van der Waals surface area contributed by atoms with Gasteiger partial charge in [0.1, 0.15) is 0 Å². The van der Waals surface area contributed by atoms with Crippen molar-refractivity contribution >= 4 is 67.6 Å². The van der Waals surface area contributed by atoms with Crippen LogP contribution in [0.1, 0.15) is 56.6 Å². The second-order valence-corrected chi connectivity index (χ2v) is 20.1. The SMILES string of the molecule is CCCCCC[B-](c1ccccc1)(c1ccccc1)c1ccc(CCCC[B-](c2ccccc2)(c2ccccc2)c2ccc(CC[B-](c3ccccc3)(c3ccccc3)c3ccccc3)cc2)cc1. The molecule has 3 heteroatoms. The number of unbranched alkanes of at least 4 members (excludes halogenated alkanes) is 4. The average Bonchev–Trinajstić information content (AvgIpc) is 3.44. The molecule has 0 bridgehead atoms. The van der Waals surface area contributed by atoms with Crippen molar-refractivity contribution in [1.29, 1.82) is 0 Å². The Labute approximate surface area is 414 Å². The maximum atomic E-state index is 2.48. The van der Waals surface area contributed by atoms with E-state index >= 15 is 0 Å². The van der Waals surface area contributed by atoms with Crippen LogP contribution < -0.4 is 49.2 Å². The van der Waals surface area contributed by atoms with Gasteiger partial charge in [0.25, 0.3) is 0 Å². The van der Waals surface area contributed by atoms with E-state index in [4.69, 9.17) is 0 Å². The smallest absolute Gasteiger partial charge is 0.0817 e. The topological polar surface area (TPSA) is 0 Å². The van der Waals surface area contributed by atoms with Crippen LogP contribution in [0, 0.1) is 0 Å². The molecule has 0 amide bonds. The molecule has 0 atom stereocenters. The summed E-state index contributed by atoms with van der Waals surface area (Å²) in [6.07, 6.45) is 9.03. The van der Waals surface area contributed by atoms with Gasteiger partial charge in [-0.25, -0.2) is 0 Å². The molecule has 344 valence electrons. The van der Waals surface area contributed by atoms with E-state index in [0.717, 1.165) is 44.6 Å². The lowest BCUT2D eigenvalue weighted by molar-refractivity contribution is 0.698. The van der Waals surface area contributed by atoms with Crippen LogP contribution in [-0.2, 0) is 12.8 Å². The molecule has 0 unspecified atom stereocenters. The molecule has 0 aliphatic heterocycles. The molecule has 0 fully saturated rings. The number of hydrogen-bond donors (Lipinski definition) is 0. The summed E-state index contributed by atoms with van der Waals surface area (Å²) in [5.74, 6) is 0. The van der Waals surface area contributed by atoms with Crippen molar-refractivity contribution in [3.63, 3.8) is 0 Å². The maximum absolute atomic E-state index is 2.48. The lowest BCUT2D eigenvalue weighted by Crippen LogP contribution is -2.67. The highest BCUT2D eigenvalue weighted by molar-refractivity contribution is 7.12. The summed E-state index contributed by atoms with van der Waals surface area (Å²) >= 11 is 0. The summed E-state index contributed by atoms with van der Waals surface area (Å²) in [4.78, 5) is 0. The van der Waals surface area contributed by atoms with Gasteiger partial charge < -0.3 is 0 Å². The predicted octanol–water partition coefficient (Wildman–Crippen LogP) is 10.9. The number of hydrogen-bond acceptors (Lipinski definition) is 0. The lowest BCUT2D eigenvalue weighted by atomic mass is 9.14. The minimum atomic E-state index is -1.25. The minimum Gasteiger partial charge on any atom is -0.200 e. The van der Waals surface area contributed by atoms with Gasteiger partial charge in [0.05, 0.1) is 18.4 Å². The third-order valence-corrected chi connectivity index (χ3v) is 16.4. The molecule has 0 aromatic heterocycles. The molecule has 0 aliphatic rings. The molecule has 9 rings (SSSR count). The molecule has 0 radical (unpaired) electrons. The summed E-state index contributed by atoms with van der Waals surface area (Å²) in [6, 6.07) is 98.9. The van der Waals surface area contributed by atoms with E-state index in [1.807, 2.05) is 0 Å². The minimum absolute atomic E-state index is 0.978. The Hall–Kier alpha value is -6.83. The van der Waals surface area contributed by atoms with Gasteiger partial charge in [-0.1, -0.05) is 318 Å². The third kappa shape index (κ3) is 10.3. The Morgan fingerprint density at radius 1 is 0.217 bits per heavy atom. The molecule has 69 heavy (non-hydrogen) atoms. The summed E-state index contributed by atoms with van der Waals surface area (Å²) in [5.41, 5.74) is 15.6. The van der Waals surface area contributed by atoms with Crippen LogP contribution >= 0.6 is 0 Å². The van der Waals surface area contributed by atoms with Crippen LogP contribution in [-0.4, -0.2) is 18.4 Å². The summed E-state index contributed by atoms with van der Waals surface area (Å²) < 4.78 is 0. The zero-order valence-corrected chi connectivity index (χ0v) is 40.8. The third-order valence-electron chi connectivity index (χ3n) is 16.4. The second-order valence-electron chi connectivity index (χ2n) is 20.1. The van der Waals surface area contributed by atoms with E-state index in [1.165, 1.54) is 86.0 Å². The lowest BCUT2D eigenvalue weighted by Gasteiger charge is -2.44. The van der Waals surface area contributed by atoms with Crippen LogP contribution in [0.4, 0.5) is 0 Å². The zero-order chi connectivity index (χ0) is 47.0. The monoisotopic (exact) mass is 894 g/mol. The second kappa shape index (κ2) is 23.0. The Morgan fingerprint density at radius 2 is 0.464 bits per heavy atom. The van der Waals surface area contributed by atoms with E-state index in [-0.39, 0.29) is 0 Å². The summed E-state index contributed by atoms with van der Waals surface area (Å²) in [7, 11) is 0. The quantitative estimate of drug-likeness (QED) is 0.0470. The van der Waals surface area contributed by atoms with E-state index in [1.54, 1.807) is 0 Å². The van der Waals surface area contributed by atoms with Gasteiger partial charge in [0.15, 0.2) is 0 Å². The van der Waals surface area contributed by atoms with Gasteiger partial charge in [0.2, 0.25) is 0 Å². The average molecular weight is 894 g/mol. The van der Waals surface area contributed by atoms with Gasteiger partial charge in [0, 0.05) is 0 Å². The van der Waals surface area contributed by atoms with Crippen molar-refractivity contribution in [3.05, 3.63) is 272 Å². The molecular weight excluding hydrogens is 825 g/mol. The van der Waals surface area contributed by atoms with Crippen LogP contribution in [0.25, 0.3) is 0 Å². The molecule has 0 aliphatic carbocycles. The summed E-state index contributed by atoms with van der Waals surface area (Å²) in [5, 5.41) is 0. The first-order valence-electron chi connectivity index (χ1n) is 26.3. The van der Waals surface area contributed by atoms with Crippen molar-refractivity contribution < 1.29 is 0 Å².